The molecular weight excluding hydrogens is 271 g/mol. The second-order valence-electron chi connectivity index (χ2n) is 3.67. The molecule has 1 aromatic carbocycles. The number of benzene rings is 1. The summed E-state index contributed by atoms with van der Waals surface area (Å²) in [6.45, 7) is 6.97. The number of allylic oxidation sites excluding steroid dienone is 1. The van der Waals surface area contributed by atoms with Crippen LogP contribution in [0.25, 0.3) is 0 Å². The Balaban J connectivity index is 3.44. The number of carbonyl (C=O) groups excluding carboxylic acids is 1. The highest BCUT2D eigenvalue weighted by Gasteiger charge is 2.24. The fourth-order valence-electron chi connectivity index (χ4n) is 1.56. The second kappa shape index (κ2) is 6.02. The van der Waals surface area contributed by atoms with Crippen LogP contribution in [0, 0.1) is 6.92 Å². The number of phosphoric ester groups is 1. The van der Waals surface area contributed by atoms with Crippen LogP contribution in [-0.2, 0) is 4.57 Å². The summed E-state index contributed by atoms with van der Waals surface area (Å²) in [6, 6.07) is 2.86. The van der Waals surface area contributed by atoms with Crippen LogP contribution in [0.5, 0.6) is 11.5 Å². The summed E-state index contributed by atoms with van der Waals surface area (Å²) in [4.78, 5) is 29.5. The van der Waals surface area contributed by atoms with Crippen LogP contribution in [0.15, 0.2) is 24.8 Å². The summed E-state index contributed by atoms with van der Waals surface area (Å²) < 4.78 is 20.7. The van der Waals surface area contributed by atoms with Gasteiger partial charge in [-0.2, -0.15) is 0 Å². The molecule has 0 radical (unpaired) electrons. The predicted molar refractivity (Wildman–Crippen MR) is 69.5 cm³/mol. The Morgan fingerprint density at radius 3 is 2.58 bits per heavy atom. The summed E-state index contributed by atoms with van der Waals surface area (Å²) in [6.07, 6.45) is 1.10. The quantitative estimate of drug-likeness (QED) is 0.473. The largest absolute Gasteiger partial charge is 0.524 e. The lowest BCUT2D eigenvalue weighted by molar-refractivity contribution is 0.104. The Morgan fingerprint density at radius 2 is 2.11 bits per heavy atom. The van der Waals surface area contributed by atoms with E-state index >= 15 is 0 Å². The molecule has 0 spiro atoms. The highest BCUT2D eigenvalue weighted by Crippen LogP contribution is 2.44. The van der Waals surface area contributed by atoms with Crippen molar-refractivity contribution in [2.75, 3.05) is 6.61 Å². The highest BCUT2D eigenvalue weighted by atomic mass is 31.2. The second-order valence-corrected chi connectivity index (χ2v) is 4.83. The molecule has 0 fully saturated rings. The molecule has 0 unspecified atom stereocenters. The van der Waals surface area contributed by atoms with Crippen molar-refractivity contribution in [3.8, 4) is 11.5 Å². The van der Waals surface area contributed by atoms with E-state index in [0.717, 1.165) is 6.08 Å². The summed E-state index contributed by atoms with van der Waals surface area (Å²) in [5.74, 6) is -0.571. The minimum absolute atomic E-state index is 0.00993. The van der Waals surface area contributed by atoms with E-state index in [4.69, 9.17) is 14.5 Å². The minimum atomic E-state index is -4.73. The van der Waals surface area contributed by atoms with E-state index < -0.39 is 13.6 Å². The number of phosphoric acid groups is 1. The first-order valence-corrected chi connectivity index (χ1v) is 7.01. The van der Waals surface area contributed by atoms with E-state index in [-0.39, 0.29) is 23.7 Å². The van der Waals surface area contributed by atoms with E-state index in [1.807, 2.05) is 0 Å². The maximum Gasteiger partial charge on any atom is 0.524 e. The molecular formula is C12H15O6P. The van der Waals surface area contributed by atoms with Crippen LogP contribution in [0.1, 0.15) is 22.8 Å². The summed E-state index contributed by atoms with van der Waals surface area (Å²) >= 11 is 0. The average Bonchev–Trinajstić information content (AvgIpc) is 2.31. The SMILES string of the molecule is C=CC(=O)c1c(C)ccc(OP(=O)(O)O)c1OCC. The normalized spacial score (nSPS) is 10.9. The molecule has 2 N–H and O–H groups in total. The van der Waals surface area contributed by atoms with Crippen molar-refractivity contribution < 1.29 is 28.4 Å². The molecule has 0 saturated heterocycles. The molecule has 0 aliphatic carbocycles. The summed E-state index contributed by atoms with van der Waals surface area (Å²) in [7, 11) is -4.73. The molecule has 0 heterocycles. The van der Waals surface area contributed by atoms with Crippen LogP contribution < -0.4 is 9.26 Å². The van der Waals surface area contributed by atoms with Crippen LogP contribution in [0.3, 0.4) is 0 Å². The van der Waals surface area contributed by atoms with Crippen molar-refractivity contribution in [1.29, 1.82) is 0 Å². The van der Waals surface area contributed by atoms with Crippen molar-refractivity contribution in [2.45, 2.75) is 13.8 Å². The molecule has 0 aromatic heterocycles. The number of rotatable bonds is 6. The third kappa shape index (κ3) is 3.92. The first-order valence-electron chi connectivity index (χ1n) is 5.48. The lowest BCUT2D eigenvalue weighted by Gasteiger charge is -2.16. The van der Waals surface area contributed by atoms with Gasteiger partial charge in [-0.05, 0) is 31.6 Å². The van der Waals surface area contributed by atoms with Crippen LogP contribution in [0.4, 0.5) is 0 Å². The minimum Gasteiger partial charge on any atom is -0.489 e. The van der Waals surface area contributed by atoms with Crippen molar-refractivity contribution in [2.24, 2.45) is 0 Å². The van der Waals surface area contributed by atoms with E-state index in [2.05, 4.69) is 11.1 Å². The zero-order valence-corrected chi connectivity index (χ0v) is 11.5. The monoisotopic (exact) mass is 286 g/mol. The van der Waals surface area contributed by atoms with Gasteiger partial charge in [-0.25, -0.2) is 4.57 Å². The molecule has 7 heteroatoms. The van der Waals surface area contributed by atoms with Gasteiger partial charge < -0.3 is 9.26 Å². The Morgan fingerprint density at radius 1 is 1.47 bits per heavy atom. The molecule has 0 saturated carbocycles. The van der Waals surface area contributed by atoms with Gasteiger partial charge in [-0.1, -0.05) is 12.6 Å². The van der Waals surface area contributed by atoms with Gasteiger partial charge in [0.05, 0.1) is 12.2 Å². The molecule has 1 aromatic rings. The third-order valence-corrected chi connectivity index (χ3v) is 2.70. The Labute approximate surface area is 110 Å². The topological polar surface area (TPSA) is 93.1 Å². The van der Waals surface area contributed by atoms with Crippen LogP contribution >= 0.6 is 7.82 Å². The Hall–Kier alpha value is -1.62. The number of hydrogen-bond acceptors (Lipinski definition) is 4. The number of ketones is 1. The van der Waals surface area contributed by atoms with Crippen molar-refractivity contribution in [1.82, 2.24) is 0 Å². The molecule has 0 atom stereocenters. The zero-order chi connectivity index (χ0) is 14.6. The summed E-state index contributed by atoms with van der Waals surface area (Å²) in [5, 5.41) is 0. The van der Waals surface area contributed by atoms with Crippen molar-refractivity contribution >= 4 is 13.6 Å². The molecule has 0 aliphatic heterocycles. The van der Waals surface area contributed by atoms with Gasteiger partial charge in [0, 0.05) is 0 Å². The number of hydrogen-bond donors (Lipinski definition) is 2. The standard InChI is InChI=1S/C12H15O6P/c1-4-9(13)11-8(3)6-7-10(12(11)17-5-2)18-19(14,15)16/h4,6-7H,1,5H2,2-3H3,(H2,14,15,16). The van der Waals surface area contributed by atoms with Gasteiger partial charge in [0.15, 0.2) is 17.3 Å². The molecule has 1 rings (SSSR count). The van der Waals surface area contributed by atoms with Gasteiger partial charge in [0.1, 0.15) is 0 Å². The van der Waals surface area contributed by atoms with Gasteiger partial charge >= 0.3 is 7.82 Å². The van der Waals surface area contributed by atoms with Crippen molar-refractivity contribution in [3.63, 3.8) is 0 Å². The first kappa shape index (κ1) is 15.4. The number of ether oxygens (including phenoxy) is 1. The van der Waals surface area contributed by atoms with Gasteiger partial charge in [-0.15, -0.1) is 0 Å². The molecule has 0 aliphatic rings. The lowest BCUT2D eigenvalue weighted by atomic mass is 10.0. The van der Waals surface area contributed by atoms with Gasteiger partial charge in [0.25, 0.3) is 0 Å². The zero-order valence-electron chi connectivity index (χ0n) is 10.6. The lowest BCUT2D eigenvalue weighted by Crippen LogP contribution is -2.06. The maximum atomic E-state index is 11.8. The maximum absolute atomic E-state index is 11.8. The Bertz CT molecular complexity index is 545. The van der Waals surface area contributed by atoms with Crippen molar-refractivity contribution in [3.05, 3.63) is 35.9 Å². The van der Waals surface area contributed by atoms with E-state index in [0.29, 0.717) is 5.56 Å². The molecule has 0 bridgehead atoms. The summed E-state index contributed by atoms with van der Waals surface area (Å²) in [5.41, 5.74) is 0.786. The number of carbonyl (C=O) groups is 1. The van der Waals surface area contributed by atoms with Crippen LogP contribution in [0.2, 0.25) is 0 Å². The van der Waals surface area contributed by atoms with Crippen LogP contribution in [-0.4, -0.2) is 22.2 Å². The van der Waals surface area contributed by atoms with E-state index in [1.165, 1.54) is 12.1 Å². The van der Waals surface area contributed by atoms with E-state index in [9.17, 15) is 9.36 Å². The molecule has 104 valence electrons. The first-order chi connectivity index (χ1) is 8.80. The fourth-order valence-corrected chi connectivity index (χ4v) is 1.96. The molecule has 19 heavy (non-hydrogen) atoms. The predicted octanol–water partition coefficient (Wildman–Crippen LogP) is 2.23. The van der Waals surface area contributed by atoms with E-state index in [1.54, 1.807) is 13.8 Å². The smallest absolute Gasteiger partial charge is 0.489 e. The average molecular weight is 286 g/mol. The van der Waals surface area contributed by atoms with Gasteiger partial charge in [-0.3, -0.25) is 14.6 Å². The molecule has 0 amide bonds. The molecule has 6 nitrogen and oxygen atoms in total. The van der Waals surface area contributed by atoms with Gasteiger partial charge in [0.2, 0.25) is 0 Å². The fraction of sp³-hybridized carbons (Fsp3) is 0.250. The third-order valence-electron chi connectivity index (χ3n) is 2.27. The highest BCUT2D eigenvalue weighted by molar-refractivity contribution is 7.46. The number of aryl methyl sites for hydroxylation is 1. The Kier molecular flexibility index (Phi) is 4.89.